The molecule has 3 nitrogen and oxygen atoms in total. The van der Waals surface area contributed by atoms with E-state index in [4.69, 9.17) is 0 Å². The second-order valence-corrected chi connectivity index (χ2v) is 3.60. The van der Waals surface area contributed by atoms with E-state index in [0.29, 0.717) is 0 Å². The smallest absolute Gasteiger partial charge is 0.0946 e. The first-order valence-electron chi connectivity index (χ1n) is 5.93. The Morgan fingerprint density at radius 2 is 1.47 bits per heavy atom. The maximum atomic E-state index is 4.17. The minimum Gasteiger partial charge on any atom is -0.340 e. The van der Waals surface area contributed by atoms with Gasteiger partial charge in [0.05, 0.1) is 12.0 Å². The first kappa shape index (κ1) is 15.4. The molecule has 17 heavy (non-hydrogen) atoms. The van der Waals surface area contributed by atoms with Gasteiger partial charge in [-0.05, 0) is 32.9 Å². The predicted molar refractivity (Wildman–Crippen MR) is 73.0 cm³/mol. The van der Waals surface area contributed by atoms with Crippen LogP contribution < -0.4 is 0 Å². The van der Waals surface area contributed by atoms with Gasteiger partial charge in [-0.25, -0.2) is 4.98 Å². The molecular formula is C14H23N3. The second kappa shape index (κ2) is 8.50. The lowest BCUT2D eigenvalue weighted by atomic mass is 10.3. The summed E-state index contributed by atoms with van der Waals surface area (Å²) < 4.78 is 1.93. The molecule has 0 saturated carbocycles. The van der Waals surface area contributed by atoms with Gasteiger partial charge in [-0.15, -0.1) is 0 Å². The molecule has 2 rings (SSSR count). The van der Waals surface area contributed by atoms with Gasteiger partial charge in [-0.2, -0.15) is 0 Å². The van der Waals surface area contributed by atoms with Crippen molar-refractivity contribution in [2.24, 2.45) is 7.05 Å². The van der Waals surface area contributed by atoms with Crippen LogP contribution in [0.3, 0.4) is 0 Å². The van der Waals surface area contributed by atoms with E-state index in [0.717, 1.165) is 17.1 Å². The van der Waals surface area contributed by atoms with E-state index in [1.165, 1.54) is 0 Å². The second-order valence-electron chi connectivity index (χ2n) is 3.60. The number of pyridine rings is 1. The van der Waals surface area contributed by atoms with Gasteiger partial charge in [0.1, 0.15) is 0 Å². The Morgan fingerprint density at radius 3 is 1.65 bits per heavy atom. The average molecular weight is 233 g/mol. The van der Waals surface area contributed by atoms with Crippen molar-refractivity contribution < 1.29 is 0 Å². The third-order valence-electron chi connectivity index (χ3n) is 1.86. The van der Waals surface area contributed by atoms with E-state index in [1.807, 2.05) is 70.6 Å². The predicted octanol–water partition coefficient (Wildman–Crippen LogP) is 3.45. The summed E-state index contributed by atoms with van der Waals surface area (Å²) in [7, 11) is 1.96. The Bertz CT molecular complexity index is 385. The molecule has 0 aliphatic heterocycles. The molecule has 2 aromatic rings. The van der Waals surface area contributed by atoms with Crippen molar-refractivity contribution in [2.75, 3.05) is 0 Å². The van der Waals surface area contributed by atoms with Crippen molar-refractivity contribution in [3.8, 4) is 0 Å². The van der Waals surface area contributed by atoms with Gasteiger partial charge in [-0.3, -0.25) is 4.98 Å². The number of aromatic nitrogens is 3. The molecular weight excluding hydrogens is 210 g/mol. The number of nitrogens with zero attached hydrogens (tertiary/aromatic N) is 3. The van der Waals surface area contributed by atoms with Gasteiger partial charge in [0.25, 0.3) is 0 Å². The highest BCUT2D eigenvalue weighted by atomic mass is 15.0. The minimum absolute atomic E-state index is 1.07. The lowest BCUT2D eigenvalue weighted by Gasteiger charge is -1.90. The number of imidazole rings is 1. The monoisotopic (exact) mass is 233 g/mol. The molecule has 0 atom stereocenters. The van der Waals surface area contributed by atoms with Gasteiger partial charge in [0.2, 0.25) is 0 Å². The van der Waals surface area contributed by atoms with Crippen LogP contribution in [0.5, 0.6) is 0 Å². The van der Waals surface area contributed by atoms with Crippen molar-refractivity contribution in [1.29, 1.82) is 0 Å². The average Bonchev–Trinajstić information content (AvgIpc) is 2.66. The summed E-state index contributed by atoms with van der Waals surface area (Å²) in [6.07, 6.45) is 3.76. The molecule has 2 aromatic heterocycles. The lowest BCUT2D eigenvalue weighted by Crippen LogP contribution is -1.81. The van der Waals surface area contributed by atoms with Crippen LogP contribution in [0, 0.1) is 20.8 Å². The minimum atomic E-state index is 1.07. The third kappa shape index (κ3) is 7.28. The van der Waals surface area contributed by atoms with Crippen molar-refractivity contribution in [1.82, 2.24) is 14.5 Å². The normalized spacial score (nSPS) is 8.59. The summed E-state index contributed by atoms with van der Waals surface area (Å²) in [6, 6.07) is 6.00. The zero-order chi connectivity index (χ0) is 13.3. The lowest BCUT2D eigenvalue weighted by molar-refractivity contribution is 0.913. The molecule has 0 saturated heterocycles. The summed E-state index contributed by atoms with van der Waals surface area (Å²) in [5.74, 6) is 0. The van der Waals surface area contributed by atoms with E-state index < -0.39 is 0 Å². The first-order valence-corrected chi connectivity index (χ1v) is 5.93. The van der Waals surface area contributed by atoms with Gasteiger partial charge < -0.3 is 4.57 Å². The fourth-order valence-electron chi connectivity index (χ4n) is 1.22. The Hall–Kier alpha value is -1.64. The van der Waals surface area contributed by atoms with Gasteiger partial charge in [0, 0.05) is 24.6 Å². The SMILES string of the molecule is CC.Cc1cccc(C)n1.Cc1cn(C)cn1. The molecule has 0 unspecified atom stereocenters. The number of hydrogen-bond donors (Lipinski definition) is 0. The molecule has 94 valence electrons. The molecule has 0 amide bonds. The molecule has 0 aliphatic carbocycles. The molecule has 0 bridgehead atoms. The molecule has 0 aliphatic rings. The zero-order valence-electron chi connectivity index (χ0n) is 11.7. The molecule has 3 heteroatoms. The number of hydrogen-bond acceptors (Lipinski definition) is 2. The quantitative estimate of drug-likeness (QED) is 0.697. The Balaban J connectivity index is 0.000000265. The summed E-state index contributed by atoms with van der Waals surface area (Å²) in [6.45, 7) is 9.96. The fraction of sp³-hybridized carbons (Fsp3) is 0.429. The maximum absolute atomic E-state index is 4.17. The van der Waals surface area contributed by atoms with E-state index >= 15 is 0 Å². The molecule has 0 aromatic carbocycles. The molecule has 0 spiro atoms. The van der Waals surface area contributed by atoms with E-state index in [9.17, 15) is 0 Å². The fourth-order valence-corrected chi connectivity index (χ4v) is 1.22. The van der Waals surface area contributed by atoms with Crippen LogP contribution >= 0.6 is 0 Å². The summed E-state index contributed by atoms with van der Waals surface area (Å²) >= 11 is 0. The van der Waals surface area contributed by atoms with Crippen LogP contribution in [0.15, 0.2) is 30.7 Å². The van der Waals surface area contributed by atoms with Crippen molar-refractivity contribution in [3.63, 3.8) is 0 Å². The Morgan fingerprint density at radius 1 is 0.941 bits per heavy atom. The molecule has 0 fully saturated rings. The van der Waals surface area contributed by atoms with Crippen molar-refractivity contribution in [3.05, 3.63) is 47.8 Å². The number of rotatable bonds is 0. The van der Waals surface area contributed by atoms with Crippen LogP contribution in [0.4, 0.5) is 0 Å². The van der Waals surface area contributed by atoms with E-state index in [2.05, 4.69) is 9.97 Å². The highest BCUT2D eigenvalue weighted by molar-refractivity contribution is 5.07. The molecule has 2 heterocycles. The Kier molecular flexibility index (Phi) is 7.68. The standard InChI is InChI=1S/C7H9N.C5H8N2.C2H6/c1-6-4-3-5-7(2)8-6;1-5-3-7(2)4-6-5;1-2/h3-5H,1-2H3;3-4H,1-2H3;1-2H3. The first-order chi connectivity index (χ1) is 8.08. The van der Waals surface area contributed by atoms with Gasteiger partial charge >= 0.3 is 0 Å². The Labute approximate surface area is 105 Å². The summed E-state index contributed by atoms with van der Waals surface area (Å²) in [5, 5.41) is 0. The van der Waals surface area contributed by atoms with E-state index in [1.54, 1.807) is 6.33 Å². The van der Waals surface area contributed by atoms with Crippen LogP contribution in [0.1, 0.15) is 30.9 Å². The molecule has 0 N–H and O–H groups in total. The van der Waals surface area contributed by atoms with Crippen molar-refractivity contribution >= 4 is 0 Å². The maximum Gasteiger partial charge on any atom is 0.0946 e. The highest BCUT2D eigenvalue weighted by Crippen LogP contribution is 1.93. The van der Waals surface area contributed by atoms with Crippen LogP contribution in [0.2, 0.25) is 0 Å². The van der Waals surface area contributed by atoms with Gasteiger partial charge in [0.15, 0.2) is 0 Å². The number of aryl methyl sites for hydroxylation is 4. The van der Waals surface area contributed by atoms with Crippen LogP contribution in [-0.4, -0.2) is 14.5 Å². The van der Waals surface area contributed by atoms with E-state index in [-0.39, 0.29) is 0 Å². The highest BCUT2D eigenvalue weighted by Gasteiger charge is 1.82. The van der Waals surface area contributed by atoms with Crippen LogP contribution in [-0.2, 0) is 7.05 Å². The van der Waals surface area contributed by atoms with Gasteiger partial charge in [-0.1, -0.05) is 19.9 Å². The summed E-state index contributed by atoms with van der Waals surface area (Å²) in [5.41, 5.74) is 3.25. The largest absolute Gasteiger partial charge is 0.340 e. The topological polar surface area (TPSA) is 30.7 Å². The molecule has 0 radical (unpaired) electrons. The zero-order valence-corrected chi connectivity index (χ0v) is 11.7. The third-order valence-corrected chi connectivity index (χ3v) is 1.86. The van der Waals surface area contributed by atoms with Crippen LogP contribution in [0.25, 0.3) is 0 Å². The summed E-state index contributed by atoms with van der Waals surface area (Å²) in [4.78, 5) is 8.15. The van der Waals surface area contributed by atoms with Crippen molar-refractivity contribution in [2.45, 2.75) is 34.6 Å².